The number of carbonyl (C=O) groups is 2. The minimum atomic E-state index is -0.441. The van der Waals surface area contributed by atoms with E-state index in [4.69, 9.17) is 10.5 Å². The molecule has 2 amide bonds. The van der Waals surface area contributed by atoms with Crippen molar-refractivity contribution < 1.29 is 14.3 Å². The molecule has 0 aromatic rings. The third kappa shape index (κ3) is 6.83. The van der Waals surface area contributed by atoms with Gasteiger partial charge in [0, 0.05) is 39.8 Å². The first-order valence-corrected chi connectivity index (χ1v) is 7.01. The Labute approximate surface area is 120 Å². The van der Waals surface area contributed by atoms with Crippen LogP contribution in [-0.4, -0.2) is 81.1 Å². The molecule has 0 saturated carbocycles. The lowest BCUT2D eigenvalue weighted by molar-refractivity contribution is -0.130. The molecule has 0 bridgehead atoms. The summed E-state index contributed by atoms with van der Waals surface area (Å²) < 4.78 is 5.09. The summed E-state index contributed by atoms with van der Waals surface area (Å²) >= 11 is 0. The standard InChI is InChI=1S/C13H26N4O3/c1-16(2)13(19)9-17-6-3-11(4-7-17)15-5-8-20-10-12(14)18/h11,15H,3-10H2,1-2H3,(H2,14,18). The van der Waals surface area contributed by atoms with Crippen LogP contribution in [-0.2, 0) is 14.3 Å². The summed E-state index contributed by atoms with van der Waals surface area (Å²) in [6, 6.07) is 0.456. The molecule has 0 unspecified atom stereocenters. The molecular formula is C13H26N4O3. The SMILES string of the molecule is CN(C)C(=O)CN1CCC(NCCOCC(N)=O)CC1. The predicted octanol–water partition coefficient (Wildman–Crippen LogP) is -1.37. The predicted molar refractivity (Wildman–Crippen MR) is 76.2 cm³/mol. The van der Waals surface area contributed by atoms with E-state index in [1.807, 2.05) is 0 Å². The van der Waals surface area contributed by atoms with Crippen LogP contribution in [0, 0.1) is 0 Å². The van der Waals surface area contributed by atoms with Crippen molar-refractivity contribution >= 4 is 11.8 Å². The molecule has 0 aliphatic carbocycles. The van der Waals surface area contributed by atoms with Crippen molar-refractivity contribution in [2.24, 2.45) is 5.73 Å². The van der Waals surface area contributed by atoms with E-state index in [2.05, 4.69) is 10.2 Å². The number of nitrogens with one attached hydrogen (secondary N) is 1. The molecule has 0 aromatic heterocycles. The number of nitrogens with zero attached hydrogens (tertiary/aromatic N) is 2. The van der Waals surface area contributed by atoms with Crippen molar-refractivity contribution in [1.29, 1.82) is 0 Å². The van der Waals surface area contributed by atoms with Gasteiger partial charge in [0.05, 0.1) is 13.2 Å². The number of likely N-dealkylation sites (tertiary alicyclic amines) is 1. The van der Waals surface area contributed by atoms with Gasteiger partial charge in [0.1, 0.15) is 6.61 Å². The molecule has 7 nitrogen and oxygen atoms in total. The lowest BCUT2D eigenvalue weighted by atomic mass is 10.1. The second-order valence-electron chi connectivity index (χ2n) is 5.31. The van der Waals surface area contributed by atoms with Gasteiger partial charge in [-0.2, -0.15) is 0 Å². The van der Waals surface area contributed by atoms with Gasteiger partial charge in [-0.05, 0) is 12.8 Å². The van der Waals surface area contributed by atoms with E-state index in [0.717, 1.165) is 25.9 Å². The lowest BCUT2D eigenvalue weighted by Crippen LogP contribution is -2.46. The Hall–Kier alpha value is -1.18. The van der Waals surface area contributed by atoms with Gasteiger partial charge in [-0.1, -0.05) is 0 Å². The van der Waals surface area contributed by atoms with Gasteiger partial charge < -0.3 is 20.7 Å². The normalized spacial score (nSPS) is 17.1. The highest BCUT2D eigenvalue weighted by Crippen LogP contribution is 2.09. The molecule has 20 heavy (non-hydrogen) atoms. The quantitative estimate of drug-likeness (QED) is 0.538. The minimum Gasteiger partial charge on any atom is -0.370 e. The van der Waals surface area contributed by atoms with Crippen molar-refractivity contribution in [1.82, 2.24) is 15.1 Å². The van der Waals surface area contributed by atoms with Gasteiger partial charge in [-0.15, -0.1) is 0 Å². The Bertz CT molecular complexity index is 315. The molecule has 116 valence electrons. The molecule has 1 rings (SSSR count). The van der Waals surface area contributed by atoms with Crippen molar-refractivity contribution in [3.63, 3.8) is 0 Å². The third-order valence-electron chi connectivity index (χ3n) is 3.37. The fourth-order valence-electron chi connectivity index (χ4n) is 2.14. The van der Waals surface area contributed by atoms with Crippen LogP contribution in [0.15, 0.2) is 0 Å². The summed E-state index contributed by atoms with van der Waals surface area (Å²) in [7, 11) is 3.56. The Morgan fingerprint density at radius 2 is 2.00 bits per heavy atom. The highest BCUT2D eigenvalue weighted by molar-refractivity contribution is 5.77. The zero-order valence-corrected chi connectivity index (χ0v) is 12.4. The maximum absolute atomic E-state index is 11.6. The van der Waals surface area contributed by atoms with Crippen LogP contribution >= 0.6 is 0 Å². The minimum absolute atomic E-state index is 0.0211. The summed E-state index contributed by atoms with van der Waals surface area (Å²) in [5, 5.41) is 3.39. The smallest absolute Gasteiger partial charge is 0.243 e. The van der Waals surface area contributed by atoms with E-state index in [9.17, 15) is 9.59 Å². The number of hydrogen-bond donors (Lipinski definition) is 2. The van der Waals surface area contributed by atoms with Crippen molar-refractivity contribution in [3.05, 3.63) is 0 Å². The Morgan fingerprint density at radius 1 is 1.35 bits per heavy atom. The number of amides is 2. The number of hydrogen-bond acceptors (Lipinski definition) is 5. The molecule has 1 saturated heterocycles. The number of piperidine rings is 1. The van der Waals surface area contributed by atoms with Gasteiger partial charge in [-0.25, -0.2) is 0 Å². The number of likely N-dealkylation sites (N-methyl/N-ethyl adjacent to an activating group) is 1. The monoisotopic (exact) mass is 286 g/mol. The zero-order valence-electron chi connectivity index (χ0n) is 12.4. The first-order chi connectivity index (χ1) is 9.49. The maximum Gasteiger partial charge on any atom is 0.243 e. The highest BCUT2D eigenvalue weighted by Gasteiger charge is 2.20. The van der Waals surface area contributed by atoms with Gasteiger partial charge in [0.25, 0.3) is 0 Å². The van der Waals surface area contributed by atoms with E-state index in [-0.39, 0.29) is 12.5 Å². The zero-order chi connectivity index (χ0) is 15.0. The summed E-state index contributed by atoms with van der Waals surface area (Å²) in [6.07, 6.45) is 2.05. The first kappa shape index (κ1) is 16.9. The maximum atomic E-state index is 11.6. The largest absolute Gasteiger partial charge is 0.370 e. The Kier molecular flexibility index (Phi) is 7.50. The molecule has 3 N–H and O–H groups in total. The van der Waals surface area contributed by atoms with Crippen LogP contribution in [0.25, 0.3) is 0 Å². The number of nitrogens with two attached hydrogens (primary N) is 1. The molecule has 0 radical (unpaired) electrons. The molecule has 7 heteroatoms. The van der Waals surface area contributed by atoms with Crippen LogP contribution in [0.3, 0.4) is 0 Å². The van der Waals surface area contributed by atoms with Crippen LogP contribution in [0.5, 0.6) is 0 Å². The van der Waals surface area contributed by atoms with Crippen LogP contribution < -0.4 is 11.1 Å². The van der Waals surface area contributed by atoms with Crippen molar-refractivity contribution in [2.45, 2.75) is 18.9 Å². The average Bonchev–Trinajstić information content (AvgIpc) is 2.39. The number of ether oxygens (including phenoxy) is 1. The Balaban J connectivity index is 2.07. The van der Waals surface area contributed by atoms with Crippen molar-refractivity contribution in [2.75, 3.05) is 53.5 Å². The van der Waals surface area contributed by atoms with E-state index in [1.54, 1.807) is 19.0 Å². The van der Waals surface area contributed by atoms with Gasteiger partial charge >= 0.3 is 0 Å². The second kappa shape index (κ2) is 8.89. The third-order valence-corrected chi connectivity index (χ3v) is 3.37. The number of carbonyl (C=O) groups excluding carboxylic acids is 2. The van der Waals surface area contributed by atoms with E-state index >= 15 is 0 Å². The molecule has 1 aliphatic heterocycles. The highest BCUT2D eigenvalue weighted by atomic mass is 16.5. The Morgan fingerprint density at radius 3 is 2.55 bits per heavy atom. The first-order valence-electron chi connectivity index (χ1n) is 7.01. The summed E-state index contributed by atoms with van der Waals surface area (Å²) in [4.78, 5) is 25.9. The summed E-state index contributed by atoms with van der Waals surface area (Å²) in [5.74, 6) is -0.292. The number of rotatable bonds is 8. The summed E-state index contributed by atoms with van der Waals surface area (Å²) in [6.45, 7) is 3.55. The molecule has 0 spiro atoms. The van der Waals surface area contributed by atoms with Gasteiger partial charge in [0.2, 0.25) is 11.8 Å². The van der Waals surface area contributed by atoms with E-state index < -0.39 is 5.91 Å². The molecule has 0 atom stereocenters. The van der Waals surface area contributed by atoms with Gasteiger partial charge in [-0.3, -0.25) is 14.5 Å². The van der Waals surface area contributed by atoms with Crippen LogP contribution in [0.4, 0.5) is 0 Å². The molecule has 1 heterocycles. The lowest BCUT2D eigenvalue weighted by Gasteiger charge is -2.32. The van der Waals surface area contributed by atoms with E-state index in [1.165, 1.54) is 0 Å². The fourth-order valence-corrected chi connectivity index (χ4v) is 2.14. The average molecular weight is 286 g/mol. The second-order valence-corrected chi connectivity index (χ2v) is 5.31. The molecule has 0 aromatic carbocycles. The van der Waals surface area contributed by atoms with Crippen LogP contribution in [0.2, 0.25) is 0 Å². The topological polar surface area (TPSA) is 87.9 Å². The number of primary amides is 1. The van der Waals surface area contributed by atoms with E-state index in [0.29, 0.717) is 25.7 Å². The molecule has 1 fully saturated rings. The molecule has 1 aliphatic rings. The van der Waals surface area contributed by atoms with Gasteiger partial charge in [0.15, 0.2) is 0 Å². The van der Waals surface area contributed by atoms with Crippen molar-refractivity contribution in [3.8, 4) is 0 Å². The fraction of sp³-hybridized carbons (Fsp3) is 0.846. The van der Waals surface area contributed by atoms with Crippen LogP contribution in [0.1, 0.15) is 12.8 Å². The summed E-state index contributed by atoms with van der Waals surface area (Å²) in [5.41, 5.74) is 4.97. The molecular weight excluding hydrogens is 260 g/mol.